The molecule has 0 spiro atoms. The van der Waals surface area contributed by atoms with E-state index in [1.54, 1.807) is 0 Å². The molecule has 1 atom stereocenters. The molecule has 0 saturated carbocycles. The van der Waals surface area contributed by atoms with Crippen molar-refractivity contribution in [2.75, 3.05) is 26.4 Å². The van der Waals surface area contributed by atoms with E-state index in [0.717, 1.165) is 12.8 Å². The Bertz CT molecular complexity index is 518. The number of aliphatic hydroxyl groups excluding tert-OH is 1. The summed E-state index contributed by atoms with van der Waals surface area (Å²) in [7, 11) is 0. The predicted octanol–water partition coefficient (Wildman–Crippen LogP) is 3.03. The summed E-state index contributed by atoms with van der Waals surface area (Å²) >= 11 is 0. The number of aliphatic hydroxyl groups is 1. The van der Waals surface area contributed by atoms with Crippen molar-refractivity contribution in [1.29, 1.82) is 0 Å². The number of amides is 1. The van der Waals surface area contributed by atoms with Crippen molar-refractivity contribution >= 4 is 5.91 Å². The van der Waals surface area contributed by atoms with E-state index in [4.69, 9.17) is 4.74 Å². The standard InChI is InChI=1S/C20H31NO3/c1-15(2)18(17-6-4-16(3)5-7-17)12-19(23)21-13-20(14-22)8-10-24-11-9-20/h4-7,15,18,22H,8-14H2,1-3H3,(H,21,23). The maximum Gasteiger partial charge on any atom is 0.220 e. The van der Waals surface area contributed by atoms with Gasteiger partial charge >= 0.3 is 0 Å². The predicted molar refractivity (Wildman–Crippen MR) is 96.0 cm³/mol. The summed E-state index contributed by atoms with van der Waals surface area (Å²) in [6.45, 7) is 8.34. The molecule has 4 heteroatoms. The first-order valence-electron chi connectivity index (χ1n) is 8.98. The Labute approximate surface area is 145 Å². The van der Waals surface area contributed by atoms with Crippen LogP contribution in [0.2, 0.25) is 0 Å². The molecule has 24 heavy (non-hydrogen) atoms. The molecule has 1 aromatic carbocycles. The summed E-state index contributed by atoms with van der Waals surface area (Å²) in [6, 6.07) is 8.46. The Morgan fingerprint density at radius 2 is 1.88 bits per heavy atom. The second-order valence-electron chi connectivity index (χ2n) is 7.51. The van der Waals surface area contributed by atoms with Gasteiger partial charge in [0.25, 0.3) is 0 Å². The molecule has 1 unspecified atom stereocenters. The normalized spacial score (nSPS) is 18.4. The zero-order chi connectivity index (χ0) is 17.6. The smallest absolute Gasteiger partial charge is 0.220 e. The van der Waals surface area contributed by atoms with E-state index in [1.165, 1.54) is 11.1 Å². The molecule has 1 fully saturated rings. The average molecular weight is 333 g/mol. The van der Waals surface area contributed by atoms with E-state index < -0.39 is 0 Å². The number of hydrogen-bond acceptors (Lipinski definition) is 3. The van der Waals surface area contributed by atoms with Crippen molar-refractivity contribution in [3.63, 3.8) is 0 Å². The van der Waals surface area contributed by atoms with Crippen molar-refractivity contribution in [3.8, 4) is 0 Å². The van der Waals surface area contributed by atoms with Crippen LogP contribution in [0.4, 0.5) is 0 Å². The van der Waals surface area contributed by atoms with Crippen molar-refractivity contribution in [2.24, 2.45) is 11.3 Å². The van der Waals surface area contributed by atoms with Crippen LogP contribution in [0.1, 0.15) is 50.2 Å². The lowest BCUT2D eigenvalue weighted by Gasteiger charge is -2.35. The number of nitrogens with one attached hydrogen (secondary N) is 1. The second kappa shape index (κ2) is 8.63. The number of benzene rings is 1. The van der Waals surface area contributed by atoms with Crippen molar-refractivity contribution in [1.82, 2.24) is 5.32 Å². The van der Waals surface area contributed by atoms with Gasteiger partial charge in [0.15, 0.2) is 0 Å². The summed E-state index contributed by atoms with van der Waals surface area (Å²) in [5, 5.41) is 12.8. The van der Waals surface area contributed by atoms with E-state index in [9.17, 15) is 9.90 Å². The van der Waals surface area contributed by atoms with Crippen molar-refractivity contribution in [2.45, 2.75) is 46.0 Å². The van der Waals surface area contributed by atoms with E-state index in [-0.39, 0.29) is 23.8 Å². The summed E-state index contributed by atoms with van der Waals surface area (Å²) in [6.07, 6.45) is 2.09. The number of carbonyl (C=O) groups excluding carboxylic acids is 1. The molecule has 2 rings (SSSR count). The third kappa shape index (κ3) is 5.05. The SMILES string of the molecule is Cc1ccc(C(CC(=O)NCC2(CO)CCOCC2)C(C)C)cc1. The van der Waals surface area contributed by atoms with E-state index in [1.807, 2.05) is 0 Å². The molecular formula is C20H31NO3. The van der Waals surface area contributed by atoms with Crippen LogP contribution in [0.25, 0.3) is 0 Å². The molecule has 1 saturated heterocycles. The minimum Gasteiger partial charge on any atom is -0.396 e. The lowest BCUT2D eigenvalue weighted by atomic mass is 9.80. The van der Waals surface area contributed by atoms with Gasteiger partial charge in [-0.2, -0.15) is 0 Å². The quantitative estimate of drug-likeness (QED) is 0.806. The van der Waals surface area contributed by atoms with E-state index >= 15 is 0 Å². The van der Waals surface area contributed by atoms with Gasteiger partial charge in [0.1, 0.15) is 0 Å². The van der Waals surface area contributed by atoms with Crippen LogP contribution in [0, 0.1) is 18.3 Å². The van der Waals surface area contributed by atoms with Gasteiger partial charge in [-0.15, -0.1) is 0 Å². The highest BCUT2D eigenvalue weighted by Crippen LogP contribution is 2.30. The summed E-state index contributed by atoms with van der Waals surface area (Å²) in [4.78, 5) is 12.5. The number of rotatable bonds is 7. The summed E-state index contributed by atoms with van der Waals surface area (Å²) in [5.41, 5.74) is 2.23. The third-order valence-electron chi connectivity index (χ3n) is 5.26. The van der Waals surface area contributed by atoms with Crippen LogP contribution in [-0.4, -0.2) is 37.4 Å². The molecule has 2 N–H and O–H groups in total. The maximum atomic E-state index is 12.5. The molecule has 0 aliphatic carbocycles. The van der Waals surface area contributed by atoms with Gasteiger partial charge in [-0.05, 0) is 37.2 Å². The van der Waals surface area contributed by atoms with Crippen LogP contribution < -0.4 is 5.32 Å². The highest BCUT2D eigenvalue weighted by Gasteiger charge is 2.32. The molecule has 1 heterocycles. The molecule has 134 valence electrons. The summed E-state index contributed by atoms with van der Waals surface area (Å²) < 4.78 is 5.37. The fraction of sp³-hybridized carbons (Fsp3) is 0.650. The molecule has 1 aromatic rings. The number of hydrogen-bond donors (Lipinski definition) is 2. The minimum absolute atomic E-state index is 0.0635. The fourth-order valence-corrected chi connectivity index (χ4v) is 3.31. The van der Waals surface area contributed by atoms with Crippen LogP contribution >= 0.6 is 0 Å². The van der Waals surface area contributed by atoms with Gasteiger partial charge in [0.2, 0.25) is 5.91 Å². The topological polar surface area (TPSA) is 58.6 Å². The Balaban J connectivity index is 1.94. The zero-order valence-electron chi connectivity index (χ0n) is 15.2. The molecule has 1 amide bonds. The van der Waals surface area contributed by atoms with Crippen LogP contribution in [0.5, 0.6) is 0 Å². The second-order valence-corrected chi connectivity index (χ2v) is 7.51. The largest absolute Gasteiger partial charge is 0.396 e. The fourth-order valence-electron chi connectivity index (χ4n) is 3.31. The lowest BCUT2D eigenvalue weighted by molar-refractivity contribution is -0.123. The average Bonchev–Trinajstić information content (AvgIpc) is 2.59. The molecule has 0 aromatic heterocycles. The van der Waals surface area contributed by atoms with E-state index in [2.05, 4.69) is 50.4 Å². The Morgan fingerprint density at radius 1 is 1.25 bits per heavy atom. The van der Waals surface area contributed by atoms with Crippen molar-refractivity contribution in [3.05, 3.63) is 35.4 Å². The first kappa shape index (κ1) is 18.9. The Kier molecular flexibility index (Phi) is 6.81. The van der Waals surface area contributed by atoms with E-state index in [0.29, 0.717) is 32.1 Å². The number of ether oxygens (including phenoxy) is 1. The van der Waals surface area contributed by atoms with Crippen LogP contribution in [-0.2, 0) is 9.53 Å². The molecule has 1 aliphatic rings. The van der Waals surface area contributed by atoms with Gasteiger partial charge in [0, 0.05) is 31.6 Å². The van der Waals surface area contributed by atoms with Crippen molar-refractivity contribution < 1.29 is 14.6 Å². The molecule has 4 nitrogen and oxygen atoms in total. The monoisotopic (exact) mass is 333 g/mol. The maximum absolute atomic E-state index is 12.5. The lowest BCUT2D eigenvalue weighted by Crippen LogP contribution is -2.44. The minimum atomic E-state index is -0.217. The summed E-state index contributed by atoms with van der Waals surface area (Å²) in [5.74, 6) is 0.673. The van der Waals surface area contributed by atoms with Gasteiger partial charge in [-0.3, -0.25) is 4.79 Å². The van der Waals surface area contributed by atoms with Crippen LogP contribution in [0.15, 0.2) is 24.3 Å². The Morgan fingerprint density at radius 3 is 2.42 bits per heavy atom. The first-order valence-corrected chi connectivity index (χ1v) is 8.98. The van der Waals surface area contributed by atoms with Crippen LogP contribution in [0.3, 0.4) is 0 Å². The molecule has 0 bridgehead atoms. The molecular weight excluding hydrogens is 302 g/mol. The van der Waals surface area contributed by atoms with Gasteiger partial charge in [-0.1, -0.05) is 43.7 Å². The number of carbonyl (C=O) groups is 1. The highest BCUT2D eigenvalue weighted by atomic mass is 16.5. The third-order valence-corrected chi connectivity index (χ3v) is 5.26. The zero-order valence-corrected chi connectivity index (χ0v) is 15.2. The highest BCUT2D eigenvalue weighted by molar-refractivity contribution is 5.77. The number of aryl methyl sites for hydroxylation is 1. The molecule has 1 aliphatic heterocycles. The van der Waals surface area contributed by atoms with Gasteiger partial charge in [-0.25, -0.2) is 0 Å². The van der Waals surface area contributed by atoms with Gasteiger partial charge < -0.3 is 15.2 Å². The first-order chi connectivity index (χ1) is 11.5. The molecule has 0 radical (unpaired) electrons. The Hall–Kier alpha value is -1.39. The van der Waals surface area contributed by atoms with Gasteiger partial charge in [0.05, 0.1) is 6.61 Å².